The lowest BCUT2D eigenvalue weighted by Gasteiger charge is -2.38. The van der Waals surface area contributed by atoms with E-state index in [9.17, 15) is 13.2 Å². The first-order valence-electron chi connectivity index (χ1n) is 8.24. The van der Waals surface area contributed by atoms with Crippen LogP contribution in [0.4, 0.5) is 13.2 Å². The van der Waals surface area contributed by atoms with Crippen LogP contribution < -0.4 is 0 Å². The number of fused-ring (bicyclic) bond motifs is 5. The Kier molecular flexibility index (Phi) is 2.67. The van der Waals surface area contributed by atoms with Crippen LogP contribution in [0.5, 0.6) is 0 Å². The molecule has 1 saturated carbocycles. The molecule has 1 heterocycles. The molecule has 0 aliphatic heterocycles. The van der Waals surface area contributed by atoms with Crippen molar-refractivity contribution in [2.45, 2.75) is 38.0 Å². The molecule has 2 bridgehead atoms. The number of nitrogens with zero attached hydrogens (tertiary/aromatic N) is 1. The second-order valence-electron chi connectivity index (χ2n) is 7.33. The van der Waals surface area contributed by atoms with Gasteiger partial charge >= 0.3 is 6.18 Å². The number of ether oxygens (including phenoxy) is 1. The zero-order valence-corrected chi connectivity index (χ0v) is 13.2. The zero-order valence-electron chi connectivity index (χ0n) is 13.2. The highest BCUT2D eigenvalue weighted by atomic mass is 19.4. The Morgan fingerprint density at radius 1 is 1.33 bits per heavy atom. The van der Waals surface area contributed by atoms with Crippen LogP contribution in [0, 0.1) is 11.3 Å². The van der Waals surface area contributed by atoms with E-state index in [1.807, 2.05) is 12.1 Å². The van der Waals surface area contributed by atoms with Gasteiger partial charge in [0.2, 0.25) is 0 Å². The molecule has 3 atom stereocenters. The Morgan fingerprint density at radius 2 is 2.17 bits per heavy atom. The smallest absolute Gasteiger partial charge is 0.376 e. The molecule has 0 unspecified atom stereocenters. The van der Waals surface area contributed by atoms with Crippen LogP contribution in [0.1, 0.15) is 30.4 Å². The summed E-state index contributed by atoms with van der Waals surface area (Å²) in [6.45, 7) is 0. The third-order valence-corrected chi connectivity index (χ3v) is 6.24. The lowest BCUT2D eigenvalue weighted by atomic mass is 9.70. The minimum atomic E-state index is -4.36. The highest BCUT2D eigenvalue weighted by molar-refractivity contribution is 5.93. The summed E-state index contributed by atoms with van der Waals surface area (Å²) < 4.78 is 47.3. The van der Waals surface area contributed by atoms with Crippen LogP contribution in [0.2, 0.25) is 0 Å². The molecule has 5 rings (SSSR count). The Balaban J connectivity index is 1.86. The van der Waals surface area contributed by atoms with Gasteiger partial charge < -0.3 is 4.74 Å². The molecule has 24 heavy (non-hydrogen) atoms. The number of halogens is 3. The van der Waals surface area contributed by atoms with Gasteiger partial charge in [0.25, 0.3) is 0 Å². The number of methoxy groups -OCH3 is 1. The Bertz CT molecular complexity index is 882. The van der Waals surface area contributed by atoms with E-state index < -0.39 is 17.9 Å². The Labute approximate surface area is 136 Å². The number of aromatic amines is 1. The molecule has 2 aromatic rings. The van der Waals surface area contributed by atoms with Gasteiger partial charge in [-0.25, -0.2) is 0 Å². The van der Waals surface area contributed by atoms with E-state index in [1.165, 1.54) is 7.11 Å². The van der Waals surface area contributed by atoms with Crippen LogP contribution in [-0.4, -0.2) is 29.6 Å². The topological polar surface area (TPSA) is 37.9 Å². The van der Waals surface area contributed by atoms with E-state index in [4.69, 9.17) is 4.74 Å². The van der Waals surface area contributed by atoms with Crippen LogP contribution in [0.3, 0.4) is 0 Å². The molecule has 3 aliphatic carbocycles. The van der Waals surface area contributed by atoms with Crippen molar-refractivity contribution in [3.8, 4) is 0 Å². The summed E-state index contributed by atoms with van der Waals surface area (Å²) in [4.78, 5) is 0. The van der Waals surface area contributed by atoms with Crippen molar-refractivity contribution in [3.63, 3.8) is 0 Å². The summed E-state index contributed by atoms with van der Waals surface area (Å²) in [6.07, 6.45) is -0.408. The number of aromatic nitrogens is 2. The van der Waals surface area contributed by atoms with Crippen molar-refractivity contribution in [1.29, 1.82) is 0 Å². The number of alkyl halides is 3. The summed E-state index contributed by atoms with van der Waals surface area (Å²) in [6, 6.07) is 3.67. The van der Waals surface area contributed by atoms with Gasteiger partial charge in [0.15, 0.2) is 0 Å². The third kappa shape index (κ3) is 1.64. The fourth-order valence-electron chi connectivity index (χ4n) is 5.45. The monoisotopic (exact) mass is 334 g/mol. The van der Waals surface area contributed by atoms with Crippen molar-refractivity contribution in [2.75, 3.05) is 7.11 Å². The van der Waals surface area contributed by atoms with E-state index in [0.29, 0.717) is 12.0 Å². The molecule has 6 heteroatoms. The van der Waals surface area contributed by atoms with Crippen molar-refractivity contribution in [1.82, 2.24) is 10.2 Å². The van der Waals surface area contributed by atoms with Crippen LogP contribution in [0.15, 0.2) is 23.9 Å². The maximum absolute atomic E-state index is 14.0. The van der Waals surface area contributed by atoms with Crippen molar-refractivity contribution in [3.05, 3.63) is 35.0 Å². The summed E-state index contributed by atoms with van der Waals surface area (Å²) in [5.74, 6) is -0.0375. The van der Waals surface area contributed by atoms with Gasteiger partial charge in [-0.05, 0) is 54.4 Å². The normalized spacial score (nSPS) is 31.7. The third-order valence-electron chi connectivity index (χ3n) is 6.24. The first-order valence-corrected chi connectivity index (χ1v) is 8.24. The molecule has 1 fully saturated rings. The average Bonchev–Trinajstić information content (AvgIpc) is 3.21. The maximum Gasteiger partial charge on any atom is 0.415 e. The fraction of sp³-hybridized carbons (Fsp3) is 0.500. The molecule has 1 spiro atoms. The maximum atomic E-state index is 14.0. The van der Waals surface area contributed by atoms with Crippen molar-refractivity contribution < 1.29 is 17.9 Å². The molecule has 1 N–H and O–H groups in total. The molecule has 3 aliphatic rings. The first-order chi connectivity index (χ1) is 11.4. The largest absolute Gasteiger partial charge is 0.415 e. The minimum Gasteiger partial charge on any atom is -0.376 e. The van der Waals surface area contributed by atoms with Gasteiger partial charge in [-0.3, -0.25) is 5.10 Å². The van der Waals surface area contributed by atoms with E-state index in [-0.39, 0.29) is 11.3 Å². The van der Waals surface area contributed by atoms with Crippen molar-refractivity contribution in [2.24, 2.45) is 11.3 Å². The predicted octanol–water partition coefficient (Wildman–Crippen LogP) is 4.25. The fourth-order valence-corrected chi connectivity index (χ4v) is 5.45. The molecule has 0 radical (unpaired) electrons. The number of hydrogen-bond donors (Lipinski definition) is 1. The van der Waals surface area contributed by atoms with Gasteiger partial charge in [-0.2, -0.15) is 18.3 Å². The summed E-state index contributed by atoms with van der Waals surface area (Å²) >= 11 is 0. The standard InChI is InChI=1S/C18H17F3N2O/c1-24-16-9-4-5-17(6-9)7-11-10(14(17)15(16)18(19,20)21)2-3-13-12(11)8-22-23-13/h2-3,8-9,16H,4-7H2,1H3,(H,22,23)/t9-,16+,17-/m0/s1. The average molecular weight is 334 g/mol. The molecular weight excluding hydrogens is 317 g/mol. The van der Waals surface area contributed by atoms with Crippen LogP contribution in [-0.2, 0) is 11.2 Å². The van der Waals surface area contributed by atoms with Gasteiger partial charge in [0.1, 0.15) is 0 Å². The van der Waals surface area contributed by atoms with Gasteiger partial charge in [0.05, 0.1) is 23.4 Å². The predicted molar refractivity (Wildman–Crippen MR) is 83.3 cm³/mol. The second-order valence-corrected chi connectivity index (χ2v) is 7.33. The van der Waals surface area contributed by atoms with Gasteiger partial charge in [-0.15, -0.1) is 0 Å². The van der Waals surface area contributed by atoms with E-state index in [2.05, 4.69) is 10.2 Å². The lowest BCUT2D eigenvalue weighted by Crippen LogP contribution is -2.38. The highest BCUT2D eigenvalue weighted by Crippen LogP contribution is 2.65. The highest BCUT2D eigenvalue weighted by Gasteiger charge is 2.59. The lowest BCUT2D eigenvalue weighted by molar-refractivity contribution is -0.115. The molecule has 0 amide bonds. The molecular formula is C18H17F3N2O. The summed E-state index contributed by atoms with van der Waals surface area (Å²) in [5, 5.41) is 7.93. The Hall–Kier alpha value is -1.82. The van der Waals surface area contributed by atoms with Gasteiger partial charge in [-0.1, -0.05) is 6.07 Å². The molecule has 1 aromatic heterocycles. The Morgan fingerprint density at radius 3 is 2.92 bits per heavy atom. The number of benzene rings is 1. The number of nitrogens with one attached hydrogen (secondary N) is 1. The second kappa shape index (κ2) is 4.42. The van der Waals surface area contributed by atoms with Crippen LogP contribution in [0.25, 0.3) is 16.5 Å². The molecule has 1 aromatic carbocycles. The van der Waals surface area contributed by atoms with Crippen molar-refractivity contribution >= 4 is 16.5 Å². The quantitative estimate of drug-likeness (QED) is 0.847. The number of H-pyrrole nitrogens is 1. The zero-order chi connectivity index (χ0) is 16.7. The van der Waals surface area contributed by atoms with Gasteiger partial charge in [0, 0.05) is 17.9 Å². The first kappa shape index (κ1) is 14.5. The molecule has 0 saturated heterocycles. The SMILES string of the molecule is CO[C@H]1C(C(F)(F)F)=C2c3ccc4[nH]ncc4c3C[C@@]23CC[C@H]1C3. The number of rotatable bonds is 1. The summed E-state index contributed by atoms with van der Waals surface area (Å²) in [5.41, 5.74) is 2.32. The van der Waals surface area contributed by atoms with E-state index in [0.717, 1.165) is 41.3 Å². The van der Waals surface area contributed by atoms with E-state index in [1.54, 1.807) is 6.20 Å². The van der Waals surface area contributed by atoms with Crippen LogP contribution >= 0.6 is 0 Å². The molecule has 3 nitrogen and oxygen atoms in total. The molecule has 126 valence electrons. The van der Waals surface area contributed by atoms with E-state index >= 15 is 0 Å². The summed E-state index contributed by atoms with van der Waals surface area (Å²) in [7, 11) is 1.40. The number of allylic oxidation sites excluding steroid dienone is 1. The minimum absolute atomic E-state index is 0.0375. The number of hydrogen-bond acceptors (Lipinski definition) is 2.